The lowest BCUT2D eigenvalue weighted by Gasteiger charge is -1.88. The summed E-state index contributed by atoms with van der Waals surface area (Å²) in [6.07, 6.45) is 0. The zero-order valence-electron chi connectivity index (χ0n) is 5.59. The van der Waals surface area contributed by atoms with Gasteiger partial charge in [0.05, 0.1) is 5.52 Å². The van der Waals surface area contributed by atoms with Crippen molar-refractivity contribution in [2.45, 2.75) is 0 Å². The number of fused-ring (bicyclic) bond motifs is 1. The number of H-pyrrole nitrogens is 2. The molecule has 0 fully saturated rings. The van der Waals surface area contributed by atoms with Crippen LogP contribution in [0.15, 0.2) is 16.9 Å². The summed E-state index contributed by atoms with van der Waals surface area (Å²) >= 11 is 0. The Labute approximate surface area is 61.3 Å². The highest BCUT2D eigenvalue weighted by Gasteiger charge is 1.97. The lowest BCUT2D eigenvalue weighted by atomic mass is 10.4. The molecule has 0 saturated heterocycles. The van der Waals surface area contributed by atoms with Crippen LogP contribution < -0.4 is 11.4 Å². The van der Waals surface area contributed by atoms with E-state index in [1.165, 1.54) is 0 Å². The van der Waals surface area contributed by atoms with Crippen LogP contribution in [-0.2, 0) is 0 Å². The number of hydrogen-bond donors (Lipinski definition) is 3. The maximum Gasteiger partial charge on any atom is 0.325 e. The molecule has 5 heteroatoms. The Hall–Kier alpha value is -1.78. The van der Waals surface area contributed by atoms with Gasteiger partial charge in [0.15, 0.2) is 5.65 Å². The minimum absolute atomic E-state index is 0.266. The first kappa shape index (κ1) is 5.96. The first-order chi connectivity index (χ1) is 5.25. The van der Waals surface area contributed by atoms with Gasteiger partial charge in [-0.2, -0.15) is 0 Å². The molecule has 2 rings (SSSR count). The van der Waals surface area contributed by atoms with Crippen LogP contribution in [-0.4, -0.2) is 15.0 Å². The fourth-order valence-corrected chi connectivity index (χ4v) is 0.931. The van der Waals surface area contributed by atoms with Crippen molar-refractivity contribution in [3.63, 3.8) is 0 Å². The normalized spacial score (nSPS) is 10.5. The molecule has 0 aliphatic heterocycles. The van der Waals surface area contributed by atoms with Gasteiger partial charge in [0.25, 0.3) is 0 Å². The molecule has 2 aromatic rings. The second-order valence-electron chi connectivity index (χ2n) is 2.21. The summed E-state index contributed by atoms with van der Waals surface area (Å²) in [5, 5.41) is 0. The van der Waals surface area contributed by atoms with Crippen LogP contribution >= 0.6 is 0 Å². The zero-order valence-corrected chi connectivity index (χ0v) is 5.59. The van der Waals surface area contributed by atoms with Gasteiger partial charge in [-0.1, -0.05) is 0 Å². The highest BCUT2D eigenvalue weighted by Crippen LogP contribution is 2.05. The lowest BCUT2D eigenvalue weighted by molar-refractivity contribution is 1.20. The van der Waals surface area contributed by atoms with Crippen LogP contribution in [0.4, 0.5) is 5.82 Å². The van der Waals surface area contributed by atoms with E-state index in [1.54, 1.807) is 12.1 Å². The van der Waals surface area contributed by atoms with Gasteiger partial charge in [-0.3, -0.25) is 4.98 Å². The minimum Gasteiger partial charge on any atom is -0.384 e. The van der Waals surface area contributed by atoms with E-state index in [0.717, 1.165) is 0 Å². The van der Waals surface area contributed by atoms with E-state index in [0.29, 0.717) is 17.0 Å². The fourth-order valence-electron chi connectivity index (χ4n) is 0.931. The summed E-state index contributed by atoms with van der Waals surface area (Å²) < 4.78 is 0. The number of anilines is 1. The molecule has 4 N–H and O–H groups in total. The second kappa shape index (κ2) is 1.85. The number of imidazole rings is 1. The number of nitrogens with zero attached hydrogens (tertiary/aromatic N) is 1. The van der Waals surface area contributed by atoms with E-state index in [2.05, 4.69) is 15.0 Å². The molecule has 0 spiro atoms. The van der Waals surface area contributed by atoms with Crippen LogP contribution in [0.25, 0.3) is 11.2 Å². The van der Waals surface area contributed by atoms with Crippen LogP contribution in [0.2, 0.25) is 0 Å². The molecule has 0 radical (unpaired) electrons. The average Bonchev–Trinajstić information content (AvgIpc) is 2.27. The second-order valence-corrected chi connectivity index (χ2v) is 2.21. The summed E-state index contributed by atoms with van der Waals surface area (Å²) in [6, 6.07) is 3.34. The standard InChI is InChI=1S/C6H6N4O/c7-4-2-1-3-5(9-4)10-6(11)8-3/h1-2H,(H4,7,8,9,10,11). The Morgan fingerprint density at radius 1 is 1.36 bits per heavy atom. The molecule has 0 aromatic carbocycles. The topological polar surface area (TPSA) is 87.6 Å². The molecule has 0 unspecified atom stereocenters. The summed E-state index contributed by atoms with van der Waals surface area (Å²) in [6.45, 7) is 0. The van der Waals surface area contributed by atoms with Crippen molar-refractivity contribution in [3.05, 3.63) is 22.6 Å². The first-order valence-electron chi connectivity index (χ1n) is 3.10. The van der Waals surface area contributed by atoms with E-state index >= 15 is 0 Å². The smallest absolute Gasteiger partial charge is 0.325 e. The highest BCUT2D eigenvalue weighted by atomic mass is 16.1. The van der Waals surface area contributed by atoms with Gasteiger partial charge in [0, 0.05) is 0 Å². The molecule has 0 saturated carbocycles. The molecular weight excluding hydrogens is 144 g/mol. The number of hydrogen-bond acceptors (Lipinski definition) is 3. The van der Waals surface area contributed by atoms with Crippen molar-refractivity contribution < 1.29 is 0 Å². The molecule has 56 valence electrons. The average molecular weight is 150 g/mol. The van der Waals surface area contributed by atoms with Crippen molar-refractivity contribution in [1.29, 1.82) is 0 Å². The Bertz CT molecular complexity index is 441. The number of rotatable bonds is 0. The number of pyridine rings is 1. The summed E-state index contributed by atoms with van der Waals surface area (Å²) in [7, 11) is 0. The molecule has 0 amide bonds. The third kappa shape index (κ3) is 0.861. The highest BCUT2D eigenvalue weighted by molar-refractivity contribution is 5.71. The van der Waals surface area contributed by atoms with Crippen LogP contribution in [0, 0.1) is 0 Å². The molecule has 2 aromatic heterocycles. The van der Waals surface area contributed by atoms with Crippen molar-refractivity contribution >= 4 is 17.0 Å². The van der Waals surface area contributed by atoms with E-state index in [4.69, 9.17) is 5.73 Å². The molecule has 2 heterocycles. The van der Waals surface area contributed by atoms with Crippen molar-refractivity contribution in [1.82, 2.24) is 15.0 Å². The van der Waals surface area contributed by atoms with Gasteiger partial charge in [-0.25, -0.2) is 9.78 Å². The van der Waals surface area contributed by atoms with Gasteiger partial charge in [-0.05, 0) is 12.1 Å². The predicted octanol–water partition coefficient (Wildman–Crippen LogP) is -0.167. The maximum atomic E-state index is 10.7. The molecule has 5 nitrogen and oxygen atoms in total. The van der Waals surface area contributed by atoms with Crippen LogP contribution in [0.5, 0.6) is 0 Å². The molecule has 0 aliphatic rings. The number of aromatic nitrogens is 3. The van der Waals surface area contributed by atoms with Gasteiger partial charge in [0.1, 0.15) is 5.82 Å². The summed E-state index contributed by atoms with van der Waals surface area (Å²) in [4.78, 5) is 19.6. The largest absolute Gasteiger partial charge is 0.384 e. The third-order valence-electron chi connectivity index (χ3n) is 1.40. The van der Waals surface area contributed by atoms with Gasteiger partial charge < -0.3 is 10.7 Å². The molecule has 11 heavy (non-hydrogen) atoms. The van der Waals surface area contributed by atoms with Gasteiger partial charge >= 0.3 is 5.69 Å². The molecule has 0 atom stereocenters. The van der Waals surface area contributed by atoms with E-state index in [9.17, 15) is 4.79 Å². The Kier molecular flexibility index (Phi) is 1.00. The lowest BCUT2D eigenvalue weighted by Crippen LogP contribution is -1.99. The monoisotopic (exact) mass is 150 g/mol. The van der Waals surface area contributed by atoms with Crippen molar-refractivity contribution in [3.8, 4) is 0 Å². The van der Waals surface area contributed by atoms with Crippen molar-refractivity contribution in [2.75, 3.05) is 5.73 Å². The summed E-state index contributed by atoms with van der Waals surface area (Å²) in [5.41, 5.74) is 6.29. The maximum absolute atomic E-state index is 10.7. The Morgan fingerprint density at radius 2 is 2.18 bits per heavy atom. The van der Waals surface area contributed by atoms with E-state index < -0.39 is 0 Å². The molecule has 0 bridgehead atoms. The Morgan fingerprint density at radius 3 is 3.00 bits per heavy atom. The van der Waals surface area contributed by atoms with Crippen LogP contribution in [0.1, 0.15) is 0 Å². The first-order valence-corrected chi connectivity index (χ1v) is 3.10. The fraction of sp³-hybridized carbons (Fsp3) is 0. The SMILES string of the molecule is Nc1ccc2[nH]c(=O)[nH]c2n1. The number of nitrogens with two attached hydrogens (primary N) is 1. The van der Waals surface area contributed by atoms with E-state index in [-0.39, 0.29) is 5.69 Å². The Balaban J connectivity index is 2.92. The number of nitrogens with one attached hydrogen (secondary N) is 2. The quantitative estimate of drug-likeness (QED) is 0.487. The minimum atomic E-state index is -0.266. The number of nitrogen functional groups attached to an aromatic ring is 1. The predicted molar refractivity (Wildman–Crippen MR) is 41.1 cm³/mol. The molecule has 0 aliphatic carbocycles. The third-order valence-corrected chi connectivity index (χ3v) is 1.40. The van der Waals surface area contributed by atoms with E-state index in [1.807, 2.05) is 0 Å². The van der Waals surface area contributed by atoms with Gasteiger partial charge in [0.2, 0.25) is 0 Å². The number of aromatic amines is 2. The summed E-state index contributed by atoms with van der Waals surface area (Å²) in [5.74, 6) is 0.396. The molecular formula is C6H6N4O. The van der Waals surface area contributed by atoms with Crippen LogP contribution in [0.3, 0.4) is 0 Å². The zero-order chi connectivity index (χ0) is 7.84. The van der Waals surface area contributed by atoms with Gasteiger partial charge in [-0.15, -0.1) is 0 Å². The van der Waals surface area contributed by atoms with Crippen molar-refractivity contribution in [2.24, 2.45) is 0 Å².